The molecule has 22 heavy (non-hydrogen) atoms. The zero-order valence-electron chi connectivity index (χ0n) is 12.3. The lowest BCUT2D eigenvalue weighted by Gasteiger charge is -2.12. The molecule has 0 aliphatic carbocycles. The molecule has 1 fully saturated rings. The molecule has 0 radical (unpaired) electrons. The largest absolute Gasteiger partial charge is 0.481 e. The lowest BCUT2D eigenvalue weighted by Crippen LogP contribution is -2.20. The van der Waals surface area contributed by atoms with Gasteiger partial charge in [0, 0.05) is 25.4 Å². The van der Waals surface area contributed by atoms with Gasteiger partial charge in [0.2, 0.25) is 5.13 Å². The molecule has 3 heterocycles. The predicted molar refractivity (Wildman–Crippen MR) is 81.0 cm³/mol. The van der Waals surface area contributed by atoms with Crippen LogP contribution in [0, 0.1) is 5.92 Å². The topological polar surface area (TPSA) is 108 Å². The van der Waals surface area contributed by atoms with Gasteiger partial charge in [-0.1, -0.05) is 18.3 Å². The number of rotatable bonds is 6. The van der Waals surface area contributed by atoms with Crippen LogP contribution in [0.15, 0.2) is 6.20 Å². The maximum absolute atomic E-state index is 11.1. The van der Waals surface area contributed by atoms with E-state index < -0.39 is 5.97 Å². The maximum Gasteiger partial charge on any atom is 0.303 e. The number of anilines is 1. The van der Waals surface area contributed by atoms with Crippen LogP contribution in [-0.4, -0.2) is 49.8 Å². The first kappa shape index (κ1) is 14.9. The van der Waals surface area contributed by atoms with Crippen LogP contribution in [0.1, 0.15) is 36.4 Å². The Morgan fingerprint density at radius 3 is 3.05 bits per heavy atom. The SMILES string of the molecule is CCCc1nnc(N2C[C@H](CC(=O)O)[C@H](c3cn[nH]n3)C2)s1. The van der Waals surface area contributed by atoms with Gasteiger partial charge in [0.15, 0.2) is 0 Å². The second-order valence-corrected chi connectivity index (χ2v) is 6.53. The molecule has 1 aliphatic rings. The summed E-state index contributed by atoms with van der Waals surface area (Å²) in [7, 11) is 0. The number of carboxylic acids is 1. The molecule has 0 unspecified atom stereocenters. The van der Waals surface area contributed by atoms with E-state index in [1.807, 2.05) is 0 Å². The van der Waals surface area contributed by atoms with Gasteiger partial charge in [-0.2, -0.15) is 15.4 Å². The molecule has 2 atom stereocenters. The Bertz CT molecular complexity index is 628. The summed E-state index contributed by atoms with van der Waals surface area (Å²) in [6, 6.07) is 0. The summed E-state index contributed by atoms with van der Waals surface area (Å²) in [6.07, 6.45) is 3.76. The summed E-state index contributed by atoms with van der Waals surface area (Å²) >= 11 is 1.59. The van der Waals surface area contributed by atoms with Crippen LogP contribution >= 0.6 is 11.3 Å². The number of aliphatic carboxylic acids is 1. The minimum Gasteiger partial charge on any atom is -0.481 e. The number of hydrogen-bond acceptors (Lipinski definition) is 7. The number of H-pyrrole nitrogens is 1. The second kappa shape index (κ2) is 6.39. The van der Waals surface area contributed by atoms with E-state index in [0.29, 0.717) is 13.1 Å². The van der Waals surface area contributed by atoms with Crippen molar-refractivity contribution < 1.29 is 9.90 Å². The molecule has 1 aliphatic heterocycles. The highest BCUT2D eigenvalue weighted by molar-refractivity contribution is 7.15. The van der Waals surface area contributed by atoms with Gasteiger partial charge in [0.1, 0.15) is 5.01 Å². The van der Waals surface area contributed by atoms with Crippen LogP contribution in [0.5, 0.6) is 0 Å². The molecule has 0 saturated carbocycles. The van der Waals surface area contributed by atoms with Gasteiger partial charge < -0.3 is 10.0 Å². The first-order valence-corrected chi connectivity index (χ1v) is 8.13. The highest BCUT2D eigenvalue weighted by atomic mass is 32.1. The Kier molecular flexibility index (Phi) is 4.32. The van der Waals surface area contributed by atoms with E-state index in [1.165, 1.54) is 0 Å². The summed E-state index contributed by atoms with van der Waals surface area (Å²) in [5, 5.41) is 30.0. The van der Waals surface area contributed by atoms with Crippen LogP contribution in [0.4, 0.5) is 5.13 Å². The Balaban J connectivity index is 1.78. The maximum atomic E-state index is 11.1. The average Bonchev–Trinajstić information content (AvgIpc) is 3.16. The van der Waals surface area contributed by atoms with Crippen LogP contribution in [0.25, 0.3) is 0 Å². The minimum atomic E-state index is -0.788. The smallest absolute Gasteiger partial charge is 0.303 e. The Morgan fingerprint density at radius 2 is 2.36 bits per heavy atom. The quantitative estimate of drug-likeness (QED) is 0.825. The van der Waals surface area contributed by atoms with Crippen molar-refractivity contribution in [2.45, 2.75) is 32.1 Å². The van der Waals surface area contributed by atoms with E-state index in [9.17, 15) is 4.79 Å². The molecular weight excluding hydrogens is 304 g/mol. The summed E-state index contributed by atoms with van der Waals surface area (Å²) in [5.41, 5.74) is 0.812. The highest BCUT2D eigenvalue weighted by Gasteiger charge is 2.37. The van der Waals surface area contributed by atoms with Crippen molar-refractivity contribution in [3.8, 4) is 0 Å². The summed E-state index contributed by atoms with van der Waals surface area (Å²) in [6.45, 7) is 3.47. The van der Waals surface area contributed by atoms with Crippen molar-refractivity contribution in [3.05, 3.63) is 16.9 Å². The van der Waals surface area contributed by atoms with Gasteiger partial charge in [-0.25, -0.2) is 0 Å². The zero-order valence-corrected chi connectivity index (χ0v) is 13.1. The predicted octanol–water partition coefficient (Wildman–Crippen LogP) is 1.30. The van der Waals surface area contributed by atoms with Crippen LogP contribution in [0.2, 0.25) is 0 Å². The normalized spacial score (nSPS) is 21.4. The third-order valence-corrected chi connectivity index (χ3v) is 4.93. The standard InChI is InChI=1S/C13H18N6O2S/c1-2-3-11-16-17-13(22-11)19-6-8(4-12(20)21)9(7-19)10-5-14-18-15-10/h5,8-9H,2-4,6-7H2,1H3,(H,20,21)(H,14,15,18)/t8-,9+/m0/s1. The van der Waals surface area contributed by atoms with Crippen molar-refractivity contribution in [2.75, 3.05) is 18.0 Å². The Morgan fingerprint density at radius 1 is 1.50 bits per heavy atom. The zero-order chi connectivity index (χ0) is 15.5. The fraction of sp³-hybridized carbons (Fsp3) is 0.615. The van der Waals surface area contributed by atoms with E-state index >= 15 is 0 Å². The lowest BCUT2D eigenvalue weighted by molar-refractivity contribution is -0.138. The molecule has 2 aromatic rings. The minimum absolute atomic E-state index is 0.00104. The van der Waals surface area contributed by atoms with Crippen molar-refractivity contribution >= 4 is 22.4 Å². The summed E-state index contributed by atoms with van der Waals surface area (Å²) in [4.78, 5) is 13.2. The molecule has 2 N–H and O–H groups in total. The molecular formula is C13H18N6O2S. The molecule has 1 saturated heterocycles. The third-order valence-electron chi connectivity index (χ3n) is 3.88. The van der Waals surface area contributed by atoms with Gasteiger partial charge in [0.25, 0.3) is 0 Å². The van der Waals surface area contributed by atoms with E-state index in [1.54, 1.807) is 17.5 Å². The van der Waals surface area contributed by atoms with Crippen LogP contribution in [-0.2, 0) is 11.2 Å². The van der Waals surface area contributed by atoms with Gasteiger partial charge in [0.05, 0.1) is 18.3 Å². The number of nitrogens with one attached hydrogen (secondary N) is 1. The molecule has 9 heteroatoms. The van der Waals surface area contributed by atoms with E-state index in [4.69, 9.17) is 5.11 Å². The molecule has 3 rings (SSSR count). The average molecular weight is 322 g/mol. The van der Waals surface area contributed by atoms with Crippen molar-refractivity contribution in [2.24, 2.45) is 5.92 Å². The van der Waals surface area contributed by atoms with E-state index in [0.717, 1.165) is 28.7 Å². The fourth-order valence-electron chi connectivity index (χ4n) is 2.87. The Labute approximate surface area is 131 Å². The number of aromatic amines is 1. The summed E-state index contributed by atoms with van der Waals surface area (Å²) < 4.78 is 0. The monoisotopic (exact) mass is 322 g/mol. The molecule has 0 aromatic carbocycles. The molecule has 0 spiro atoms. The molecule has 8 nitrogen and oxygen atoms in total. The number of nitrogens with zero attached hydrogens (tertiary/aromatic N) is 5. The first-order chi connectivity index (χ1) is 10.7. The molecule has 2 aromatic heterocycles. The number of hydrogen-bond donors (Lipinski definition) is 2. The second-order valence-electron chi connectivity index (χ2n) is 5.49. The molecule has 0 bridgehead atoms. The van der Waals surface area contributed by atoms with Gasteiger partial charge >= 0.3 is 5.97 Å². The molecule has 118 valence electrons. The highest BCUT2D eigenvalue weighted by Crippen LogP contribution is 2.37. The number of aryl methyl sites for hydroxylation is 1. The Hall–Kier alpha value is -2.03. The number of aromatic nitrogens is 5. The van der Waals surface area contributed by atoms with Crippen LogP contribution < -0.4 is 4.90 Å². The third kappa shape index (κ3) is 3.08. The lowest BCUT2D eigenvalue weighted by atomic mass is 9.91. The van der Waals surface area contributed by atoms with E-state index in [-0.39, 0.29) is 18.3 Å². The first-order valence-electron chi connectivity index (χ1n) is 7.32. The van der Waals surface area contributed by atoms with Gasteiger partial charge in [-0.3, -0.25) is 4.79 Å². The fourth-order valence-corrected chi connectivity index (χ4v) is 3.83. The number of carboxylic acid groups (broad SMARTS) is 1. The van der Waals surface area contributed by atoms with Crippen molar-refractivity contribution in [1.82, 2.24) is 25.6 Å². The van der Waals surface area contributed by atoms with E-state index in [2.05, 4.69) is 37.4 Å². The summed E-state index contributed by atoms with van der Waals surface area (Å²) in [5.74, 6) is -0.737. The van der Waals surface area contributed by atoms with Gasteiger partial charge in [-0.05, 0) is 12.3 Å². The van der Waals surface area contributed by atoms with Gasteiger partial charge in [-0.15, -0.1) is 10.2 Å². The number of carbonyl (C=O) groups is 1. The molecule has 0 amide bonds. The van der Waals surface area contributed by atoms with Crippen molar-refractivity contribution in [1.29, 1.82) is 0 Å². The van der Waals surface area contributed by atoms with Crippen molar-refractivity contribution in [3.63, 3.8) is 0 Å². The van der Waals surface area contributed by atoms with Crippen LogP contribution in [0.3, 0.4) is 0 Å².